The molecule has 0 atom stereocenters. The molecular weight excluding hydrogens is 256 g/mol. The van der Waals surface area contributed by atoms with Crippen molar-refractivity contribution >= 4 is 21.9 Å². The van der Waals surface area contributed by atoms with Gasteiger partial charge in [-0.1, -0.05) is 18.2 Å². The number of aryl methyl sites for hydroxylation is 2. The highest BCUT2D eigenvalue weighted by Gasteiger charge is 2.13. The molecule has 0 unspecified atom stereocenters. The van der Waals surface area contributed by atoms with Crippen molar-refractivity contribution < 1.29 is 0 Å². The summed E-state index contributed by atoms with van der Waals surface area (Å²) in [6.07, 6.45) is 1.87. The van der Waals surface area contributed by atoms with Crippen LogP contribution in [-0.2, 0) is 0 Å². The van der Waals surface area contributed by atoms with Crippen molar-refractivity contribution in [3.63, 3.8) is 0 Å². The molecule has 102 valence electrons. The van der Waals surface area contributed by atoms with Gasteiger partial charge in [0.25, 0.3) is 0 Å². The van der Waals surface area contributed by atoms with Crippen molar-refractivity contribution in [1.82, 2.24) is 9.55 Å². The number of benzene rings is 2. The van der Waals surface area contributed by atoms with Crippen LogP contribution in [-0.4, -0.2) is 9.55 Å². The van der Waals surface area contributed by atoms with Crippen LogP contribution in [0.15, 0.2) is 60.8 Å². The van der Waals surface area contributed by atoms with Gasteiger partial charge < -0.3 is 4.57 Å². The van der Waals surface area contributed by atoms with E-state index in [2.05, 4.69) is 65.9 Å². The van der Waals surface area contributed by atoms with E-state index in [-0.39, 0.29) is 0 Å². The number of fused-ring (bicyclic) bond motifs is 3. The van der Waals surface area contributed by atoms with E-state index in [1.807, 2.05) is 18.3 Å². The third kappa shape index (κ3) is 1.76. The Kier molecular flexibility index (Phi) is 2.58. The van der Waals surface area contributed by atoms with Gasteiger partial charge in [0.05, 0.1) is 16.6 Å². The monoisotopic (exact) mass is 272 g/mol. The maximum Gasteiger partial charge on any atom is 0.0963 e. The van der Waals surface area contributed by atoms with E-state index >= 15 is 0 Å². The van der Waals surface area contributed by atoms with E-state index in [0.29, 0.717) is 0 Å². The summed E-state index contributed by atoms with van der Waals surface area (Å²) in [4.78, 5) is 4.61. The van der Waals surface area contributed by atoms with Crippen molar-refractivity contribution in [3.05, 3.63) is 71.9 Å². The highest BCUT2D eigenvalue weighted by molar-refractivity contribution is 6.07. The van der Waals surface area contributed by atoms with Crippen LogP contribution in [0.3, 0.4) is 0 Å². The fourth-order valence-electron chi connectivity index (χ4n) is 2.95. The number of pyridine rings is 1. The van der Waals surface area contributed by atoms with Gasteiger partial charge in [-0.25, -0.2) is 0 Å². The van der Waals surface area contributed by atoms with Gasteiger partial charge in [0, 0.05) is 17.3 Å². The molecule has 0 radical (unpaired) electrons. The van der Waals surface area contributed by atoms with Gasteiger partial charge in [0.15, 0.2) is 0 Å². The highest BCUT2D eigenvalue weighted by atomic mass is 15.0. The van der Waals surface area contributed by atoms with Gasteiger partial charge in [0.1, 0.15) is 0 Å². The standard InChI is InChI=1S/C19H16N2/c1-13-11-16-18(12-14(13)2)21(15-7-4-3-5-8-15)17-9-6-10-20-19(16)17/h3-12H,1-2H3. The maximum absolute atomic E-state index is 4.61. The Labute approximate surface area is 123 Å². The second-order valence-electron chi connectivity index (χ2n) is 5.50. The molecule has 2 nitrogen and oxygen atoms in total. The first kappa shape index (κ1) is 12.2. The molecule has 0 fully saturated rings. The first-order valence-electron chi connectivity index (χ1n) is 7.17. The van der Waals surface area contributed by atoms with Gasteiger partial charge in [-0.05, 0) is 61.4 Å². The Morgan fingerprint density at radius 3 is 2.38 bits per heavy atom. The lowest BCUT2D eigenvalue weighted by atomic mass is 10.1. The molecule has 0 saturated heterocycles. The SMILES string of the molecule is Cc1cc2c3ncccc3n(-c3ccccc3)c2cc1C. The molecule has 0 aliphatic rings. The lowest BCUT2D eigenvalue weighted by Gasteiger charge is -2.08. The molecule has 0 amide bonds. The normalized spacial score (nSPS) is 11.3. The minimum absolute atomic E-state index is 1.07. The molecule has 0 aliphatic heterocycles. The quantitative estimate of drug-likeness (QED) is 0.487. The highest BCUT2D eigenvalue weighted by Crippen LogP contribution is 2.32. The van der Waals surface area contributed by atoms with Crippen LogP contribution in [0.4, 0.5) is 0 Å². The van der Waals surface area contributed by atoms with Gasteiger partial charge in [-0.15, -0.1) is 0 Å². The zero-order chi connectivity index (χ0) is 14.4. The smallest absolute Gasteiger partial charge is 0.0963 e. The Balaban J connectivity index is 2.24. The summed E-state index contributed by atoms with van der Waals surface area (Å²) in [7, 11) is 0. The van der Waals surface area contributed by atoms with Gasteiger partial charge in [-0.2, -0.15) is 0 Å². The summed E-state index contributed by atoms with van der Waals surface area (Å²) in [6.45, 7) is 4.32. The van der Waals surface area contributed by atoms with Crippen molar-refractivity contribution in [2.75, 3.05) is 0 Å². The lowest BCUT2D eigenvalue weighted by Crippen LogP contribution is -1.93. The third-order valence-corrected chi connectivity index (χ3v) is 4.15. The van der Waals surface area contributed by atoms with Crippen LogP contribution in [0, 0.1) is 13.8 Å². The predicted molar refractivity (Wildman–Crippen MR) is 88.1 cm³/mol. The molecule has 4 rings (SSSR count). The van der Waals surface area contributed by atoms with Gasteiger partial charge in [0.2, 0.25) is 0 Å². The van der Waals surface area contributed by atoms with Crippen LogP contribution >= 0.6 is 0 Å². The average molecular weight is 272 g/mol. The van der Waals surface area contributed by atoms with E-state index in [9.17, 15) is 0 Å². The van der Waals surface area contributed by atoms with E-state index in [1.54, 1.807) is 0 Å². The van der Waals surface area contributed by atoms with Gasteiger partial charge >= 0.3 is 0 Å². The number of hydrogen-bond acceptors (Lipinski definition) is 1. The van der Waals surface area contributed by atoms with E-state index in [1.165, 1.54) is 27.7 Å². The second-order valence-corrected chi connectivity index (χ2v) is 5.50. The first-order chi connectivity index (χ1) is 10.3. The maximum atomic E-state index is 4.61. The number of nitrogens with zero attached hydrogens (tertiary/aromatic N) is 2. The van der Waals surface area contributed by atoms with E-state index < -0.39 is 0 Å². The largest absolute Gasteiger partial charge is 0.308 e. The van der Waals surface area contributed by atoms with Crippen molar-refractivity contribution in [3.8, 4) is 5.69 Å². The topological polar surface area (TPSA) is 17.8 Å². The summed E-state index contributed by atoms with van der Waals surface area (Å²) in [5.41, 5.74) is 7.23. The van der Waals surface area contributed by atoms with Crippen LogP contribution in [0.5, 0.6) is 0 Å². The summed E-state index contributed by atoms with van der Waals surface area (Å²) in [6, 6.07) is 19.1. The minimum atomic E-state index is 1.07. The molecule has 2 aromatic heterocycles. The summed E-state index contributed by atoms with van der Waals surface area (Å²) >= 11 is 0. The zero-order valence-electron chi connectivity index (χ0n) is 12.2. The molecule has 4 aromatic rings. The average Bonchev–Trinajstić information content (AvgIpc) is 2.82. The molecule has 0 N–H and O–H groups in total. The second kappa shape index (κ2) is 4.45. The summed E-state index contributed by atoms with van der Waals surface area (Å²) in [5, 5.41) is 1.22. The molecule has 0 aliphatic carbocycles. The van der Waals surface area contributed by atoms with Crippen LogP contribution in [0.25, 0.3) is 27.6 Å². The molecule has 21 heavy (non-hydrogen) atoms. The Bertz CT molecular complexity index is 950. The molecule has 0 bridgehead atoms. The van der Waals surface area contributed by atoms with Gasteiger partial charge in [-0.3, -0.25) is 4.98 Å². The molecule has 2 heteroatoms. The van der Waals surface area contributed by atoms with Crippen molar-refractivity contribution in [2.45, 2.75) is 13.8 Å². The molecular formula is C19H16N2. The number of para-hydroxylation sites is 1. The Morgan fingerprint density at radius 1 is 0.810 bits per heavy atom. The molecule has 2 aromatic carbocycles. The number of rotatable bonds is 1. The third-order valence-electron chi connectivity index (χ3n) is 4.15. The van der Waals surface area contributed by atoms with Crippen LogP contribution in [0.2, 0.25) is 0 Å². The molecule has 0 spiro atoms. The van der Waals surface area contributed by atoms with E-state index in [4.69, 9.17) is 0 Å². The van der Waals surface area contributed by atoms with Crippen LogP contribution < -0.4 is 0 Å². The first-order valence-corrected chi connectivity index (χ1v) is 7.17. The van der Waals surface area contributed by atoms with Crippen molar-refractivity contribution in [1.29, 1.82) is 0 Å². The fourth-order valence-corrected chi connectivity index (χ4v) is 2.95. The Hall–Kier alpha value is -2.61. The van der Waals surface area contributed by atoms with Crippen molar-refractivity contribution in [2.24, 2.45) is 0 Å². The predicted octanol–water partition coefficient (Wildman–Crippen LogP) is 4.80. The number of aromatic nitrogens is 2. The number of hydrogen-bond donors (Lipinski definition) is 0. The summed E-state index contributed by atoms with van der Waals surface area (Å²) in [5.74, 6) is 0. The molecule has 0 saturated carbocycles. The Morgan fingerprint density at radius 2 is 1.57 bits per heavy atom. The fraction of sp³-hybridized carbons (Fsp3) is 0.105. The minimum Gasteiger partial charge on any atom is -0.308 e. The molecule has 2 heterocycles. The van der Waals surface area contributed by atoms with Crippen LogP contribution in [0.1, 0.15) is 11.1 Å². The lowest BCUT2D eigenvalue weighted by molar-refractivity contribution is 1.17. The zero-order valence-corrected chi connectivity index (χ0v) is 12.2. The van der Waals surface area contributed by atoms with E-state index in [0.717, 1.165) is 11.0 Å². The summed E-state index contributed by atoms with van der Waals surface area (Å²) < 4.78 is 2.30.